The van der Waals surface area contributed by atoms with Crippen LogP contribution in [0.2, 0.25) is 0 Å². The van der Waals surface area contributed by atoms with E-state index in [1.807, 2.05) is 7.11 Å². The van der Waals surface area contributed by atoms with Crippen LogP contribution in [0.5, 0.6) is 0 Å². The highest BCUT2D eigenvalue weighted by Crippen LogP contribution is 2.41. The number of ether oxygens (including phenoxy) is 1. The van der Waals surface area contributed by atoms with E-state index in [0.29, 0.717) is 0 Å². The van der Waals surface area contributed by atoms with Gasteiger partial charge in [-0.05, 0) is 57.9 Å². The Morgan fingerprint density at radius 1 is 1.15 bits per heavy atom. The van der Waals surface area contributed by atoms with Crippen molar-refractivity contribution in [3.63, 3.8) is 0 Å². The average Bonchev–Trinajstić information content (AvgIpc) is 2.40. The first-order chi connectivity index (χ1) is 9.76. The van der Waals surface area contributed by atoms with Crippen molar-refractivity contribution in [2.75, 3.05) is 20.2 Å². The fourth-order valence-corrected chi connectivity index (χ4v) is 4.58. The van der Waals surface area contributed by atoms with E-state index in [0.717, 1.165) is 18.1 Å². The molecule has 3 nitrogen and oxygen atoms in total. The zero-order valence-electron chi connectivity index (χ0n) is 13.4. The van der Waals surface area contributed by atoms with Crippen molar-refractivity contribution in [3.8, 4) is 0 Å². The number of piperidine rings is 2. The molecule has 2 heterocycles. The molecule has 0 amide bonds. The number of nitrogens with one attached hydrogen (secondary N) is 1. The molecule has 0 aromatic carbocycles. The molecule has 0 spiro atoms. The van der Waals surface area contributed by atoms with Crippen LogP contribution in [0.25, 0.3) is 0 Å². The van der Waals surface area contributed by atoms with E-state index >= 15 is 0 Å². The molecule has 2 atom stereocenters. The van der Waals surface area contributed by atoms with Gasteiger partial charge in [0.1, 0.15) is 0 Å². The van der Waals surface area contributed by atoms with Crippen LogP contribution >= 0.6 is 0 Å². The third-order valence-corrected chi connectivity index (χ3v) is 5.98. The number of rotatable bonds is 6. The van der Waals surface area contributed by atoms with Crippen LogP contribution in [-0.2, 0) is 4.74 Å². The minimum absolute atomic E-state index is 0.206. The van der Waals surface area contributed by atoms with Gasteiger partial charge < -0.3 is 10.1 Å². The van der Waals surface area contributed by atoms with Crippen molar-refractivity contribution < 1.29 is 4.74 Å². The van der Waals surface area contributed by atoms with Crippen molar-refractivity contribution in [1.82, 2.24) is 10.2 Å². The lowest BCUT2D eigenvalue weighted by atomic mass is 9.75. The lowest BCUT2D eigenvalue weighted by Gasteiger charge is -2.54. The van der Waals surface area contributed by atoms with E-state index in [9.17, 15) is 0 Å². The lowest BCUT2D eigenvalue weighted by molar-refractivity contribution is -0.119. The summed E-state index contributed by atoms with van der Waals surface area (Å²) >= 11 is 0. The van der Waals surface area contributed by atoms with Crippen molar-refractivity contribution in [1.29, 1.82) is 0 Å². The Kier molecular flexibility index (Phi) is 4.68. The van der Waals surface area contributed by atoms with E-state index < -0.39 is 0 Å². The van der Waals surface area contributed by atoms with Gasteiger partial charge in [-0.15, -0.1) is 0 Å². The second kappa shape index (κ2) is 6.33. The average molecular weight is 280 g/mol. The number of hydrogen-bond acceptors (Lipinski definition) is 3. The zero-order chi connectivity index (χ0) is 14.0. The zero-order valence-corrected chi connectivity index (χ0v) is 13.4. The lowest BCUT2D eigenvalue weighted by Crippen LogP contribution is -2.61. The normalized spacial score (nSPS) is 36.6. The highest BCUT2D eigenvalue weighted by molar-refractivity contribution is 5.00. The van der Waals surface area contributed by atoms with Crippen LogP contribution in [0, 0.1) is 0 Å². The molecular formula is C17H32N2O. The Bertz CT molecular complexity index is 297. The first kappa shape index (κ1) is 14.8. The van der Waals surface area contributed by atoms with Crippen molar-refractivity contribution >= 4 is 0 Å². The number of methoxy groups -OCH3 is 1. The van der Waals surface area contributed by atoms with E-state index in [2.05, 4.69) is 17.1 Å². The Morgan fingerprint density at radius 2 is 1.85 bits per heavy atom. The van der Waals surface area contributed by atoms with E-state index in [1.54, 1.807) is 0 Å². The van der Waals surface area contributed by atoms with Gasteiger partial charge in [-0.2, -0.15) is 0 Å². The third-order valence-electron chi connectivity index (χ3n) is 5.98. The van der Waals surface area contributed by atoms with Gasteiger partial charge in [-0.3, -0.25) is 4.90 Å². The van der Waals surface area contributed by atoms with Crippen LogP contribution in [0.3, 0.4) is 0 Å². The van der Waals surface area contributed by atoms with Crippen LogP contribution in [0.15, 0.2) is 0 Å². The van der Waals surface area contributed by atoms with E-state index in [4.69, 9.17) is 4.74 Å². The fraction of sp³-hybridized carbons (Fsp3) is 1.00. The van der Waals surface area contributed by atoms with E-state index in [-0.39, 0.29) is 5.60 Å². The largest absolute Gasteiger partial charge is 0.377 e. The van der Waals surface area contributed by atoms with Crippen LogP contribution in [0.1, 0.15) is 64.7 Å². The molecule has 1 aliphatic carbocycles. The van der Waals surface area contributed by atoms with Gasteiger partial charge >= 0.3 is 0 Å². The Hall–Kier alpha value is -0.120. The number of fused-ring (bicyclic) bond motifs is 2. The molecule has 1 saturated carbocycles. The summed E-state index contributed by atoms with van der Waals surface area (Å²) in [7, 11) is 1.92. The Labute approximate surface area is 124 Å². The van der Waals surface area contributed by atoms with Gasteiger partial charge in [-0.25, -0.2) is 0 Å². The summed E-state index contributed by atoms with van der Waals surface area (Å²) in [6.07, 6.45) is 12.1. The topological polar surface area (TPSA) is 24.5 Å². The van der Waals surface area contributed by atoms with Gasteiger partial charge in [0.25, 0.3) is 0 Å². The SMILES string of the molecule is CCCNC1CC2CCCC(C1)N2CC1(OC)CCC1. The van der Waals surface area contributed by atoms with Gasteiger partial charge in [0, 0.05) is 31.8 Å². The van der Waals surface area contributed by atoms with Gasteiger partial charge in [0.15, 0.2) is 0 Å². The molecule has 3 aliphatic rings. The summed E-state index contributed by atoms with van der Waals surface area (Å²) < 4.78 is 5.88. The molecule has 0 aromatic heterocycles. The molecule has 1 N–H and O–H groups in total. The summed E-state index contributed by atoms with van der Waals surface area (Å²) in [5.41, 5.74) is 0.206. The maximum Gasteiger partial charge on any atom is 0.0805 e. The first-order valence-electron chi connectivity index (χ1n) is 8.80. The number of hydrogen-bond donors (Lipinski definition) is 1. The smallest absolute Gasteiger partial charge is 0.0805 e. The second-order valence-corrected chi connectivity index (χ2v) is 7.27. The van der Waals surface area contributed by atoms with Crippen LogP contribution < -0.4 is 5.32 Å². The maximum atomic E-state index is 5.88. The summed E-state index contributed by atoms with van der Waals surface area (Å²) in [6.45, 7) is 4.65. The summed E-state index contributed by atoms with van der Waals surface area (Å²) in [4.78, 5) is 2.83. The standard InChI is InChI=1S/C17H32N2O/c1-3-10-18-14-11-15-6-4-7-16(12-14)19(15)13-17(20-2)8-5-9-17/h14-16,18H,3-13H2,1-2H3. The van der Waals surface area contributed by atoms with Gasteiger partial charge in [0.2, 0.25) is 0 Å². The molecule has 2 unspecified atom stereocenters. The maximum absolute atomic E-state index is 5.88. The predicted molar refractivity (Wildman–Crippen MR) is 83.0 cm³/mol. The molecule has 2 bridgehead atoms. The van der Waals surface area contributed by atoms with Crippen LogP contribution in [-0.4, -0.2) is 48.8 Å². The van der Waals surface area contributed by atoms with Gasteiger partial charge in [0.05, 0.1) is 5.60 Å². The third kappa shape index (κ3) is 2.90. The minimum Gasteiger partial charge on any atom is -0.377 e. The highest BCUT2D eigenvalue weighted by atomic mass is 16.5. The molecule has 2 aliphatic heterocycles. The second-order valence-electron chi connectivity index (χ2n) is 7.27. The van der Waals surface area contributed by atoms with E-state index in [1.165, 1.54) is 70.9 Å². The highest BCUT2D eigenvalue weighted by Gasteiger charge is 2.45. The van der Waals surface area contributed by atoms with Crippen molar-refractivity contribution in [3.05, 3.63) is 0 Å². The summed E-state index contributed by atoms with van der Waals surface area (Å²) in [6, 6.07) is 2.38. The molecule has 116 valence electrons. The molecule has 3 fully saturated rings. The number of nitrogens with zero attached hydrogens (tertiary/aromatic N) is 1. The molecule has 0 aromatic rings. The Balaban J connectivity index is 1.61. The molecular weight excluding hydrogens is 248 g/mol. The van der Waals surface area contributed by atoms with Crippen molar-refractivity contribution in [2.45, 2.75) is 88.4 Å². The van der Waals surface area contributed by atoms with Gasteiger partial charge in [-0.1, -0.05) is 13.3 Å². The minimum atomic E-state index is 0.206. The fourth-order valence-electron chi connectivity index (χ4n) is 4.58. The quantitative estimate of drug-likeness (QED) is 0.809. The summed E-state index contributed by atoms with van der Waals surface area (Å²) in [5, 5.41) is 3.77. The van der Waals surface area contributed by atoms with Crippen LogP contribution in [0.4, 0.5) is 0 Å². The summed E-state index contributed by atoms with van der Waals surface area (Å²) in [5.74, 6) is 0. The molecule has 2 saturated heterocycles. The Morgan fingerprint density at radius 3 is 2.35 bits per heavy atom. The predicted octanol–water partition coefficient (Wildman–Crippen LogP) is 2.94. The first-order valence-corrected chi connectivity index (χ1v) is 8.80. The molecule has 3 heteroatoms. The molecule has 0 radical (unpaired) electrons. The van der Waals surface area contributed by atoms with Crippen molar-refractivity contribution in [2.24, 2.45) is 0 Å². The monoisotopic (exact) mass is 280 g/mol. The molecule has 20 heavy (non-hydrogen) atoms. The molecule has 3 rings (SSSR count).